The fourth-order valence-corrected chi connectivity index (χ4v) is 9.40. The minimum atomic E-state index is -0.846. The standard InChI is InChI=1S/C66H121NO5/c1-3-5-7-9-11-13-15-16-17-18-31-34-37-40-44-48-52-56-60-66(71)72-61-57-53-49-45-41-38-35-32-29-27-25-23-21-19-20-22-24-26-28-30-33-36-39-43-47-51-55-59-65(70)67-63(62-68)64(69)58-54-50-46-42-14-12-10-8-6-4-2/h13,15,17-20,23,25,54,58,63-64,68-69H,3-12,14,16,21-22,24,26-53,55-57,59-62H2,1-2H3,(H,67,70)/b15-13-,18-17-,20-19-,25-23-,58-54+. The van der Waals surface area contributed by atoms with Gasteiger partial charge in [-0.3, -0.25) is 9.59 Å². The van der Waals surface area contributed by atoms with E-state index in [1.807, 2.05) is 6.08 Å². The van der Waals surface area contributed by atoms with Gasteiger partial charge in [-0.05, 0) is 96.3 Å². The van der Waals surface area contributed by atoms with Crippen molar-refractivity contribution in [2.24, 2.45) is 0 Å². The molecule has 0 aliphatic rings. The molecular weight excluding hydrogens is 887 g/mol. The Morgan fingerprint density at radius 1 is 0.389 bits per heavy atom. The predicted octanol–water partition coefficient (Wildman–Crippen LogP) is 19.9. The summed E-state index contributed by atoms with van der Waals surface area (Å²) in [5.74, 6) is -0.0713. The molecule has 0 aromatic carbocycles. The molecule has 0 aromatic rings. The first-order valence-electron chi connectivity index (χ1n) is 31.6. The quantitative estimate of drug-likeness (QED) is 0.0320. The number of carbonyl (C=O) groups is 2. The number of amides is 1. The molecule has 420 valence electrons. The van der Waals surface area contributed by atoms with E-state index in [2.05, 4.69) is 67.8 Å². The smallest absolute Gasteiger partial charge is 0.305 e. The highest BCUT2D eigenvalue weighted by Crippen LogP contribution is 2.16. The number of allylic oxidation sites excluding steroid dienone is 9. The Labute approximate surface area is 448 Å². The number of hydrogen-bond donors (Lipinski definition) is 3. The lowest BCUT2D eigenvalue weighted by molar-refractivity contribution is -0.143. The fourth-order valence-electron chi connectivity index (χ4n) is 9.40. The SMILES string of the molecule is CCCCCC/C=C\C/C=C\CCCCCCCCCC(=O)OCCCCCCCCCCC/C=C\C/C=C\CCCCCCCCCCCCCC(=O)NC(CO)C(O)/C=C/CCCCCCCCCC. The third-order valence-electron chi connectivity index (χ3n) is 14.3. The van der Waals surface area contributed by atoms with Crippen molar-refractivity contribution in [3.8, 4) is 0 Å². The van der Waals surface area contributed by atoms with Gasteiger partial charge in [-0.15, -0.1) is 0 Å². The van der Waals surface area contributed by atoms with Crippen LogP contribution in [0.25, 0.3) is 0 Å². The number of hydrogen-bond acceptors (Lipinski definition) is 5. The van der Waals surface area contributed by atoms with Gasteiger partial charge in [-0.1, -0.05) is 274 Å². The van der Waals surface area contributed by atoms with E-state index in [1.165, 1.54) is 238 Å². The number of esters is 1. The summed E-state index contributed by atoms with van der Waals surface area (Å²) in [6.45, 7) is 4.86. The summed E-state index contributed by atoms with van der Waals surface area (Å²) >= 11 is 0. The van der Waals surface area contributed by atoms with Gasteiger partial charge in [-0.2, -0.15) is 0 Å². The van der Waals surface area contributed by atoms with Gasteiger partial charge in [0.05, 0.1) is 25.4 Å². The van der Waals surface area contributed by atoms with E-state index < -0.39 is 12.1 Å². The molecule has 0 aliphatic carbocycles. The molecule has 0 bridgehead atoms. The topological polar surface area (TPSA) is 95.9 Å². The number of aliphatic hydroxyl groups excluding tert-OH is 2. The van der Waals surface area contributed by atoms with Gasteiger partial charge in [0.1, 0.15) is 0 Å². The number of nitrogens with one attached hydrogen (secondary N) is 1. The van der Waals surface area contributed by atoms with Crippen LogP contribution in [0.15, 0.2) is 60.8 Å². The van der Waals surface area contributed by atoms with Crippen LogP contribution in [0.5, 0.6) is 0 Å². The van der Waals surface area contributed by atoms with Crippen LogP contribution >= 0.6 is 0 Å². The molecule has 1 amide bonds. The molecule has 0 heterocycles. The van der Waals surface area contributed by atoms with E-state index in [-0.39, 0.29) is 18.5 Å². The van der Waals surface area contributed by atoms with Crippen molar-refractivity contribution in [1.29, 1.82) is 0 Å². The maximum absolute atomic E-state index is 12.4. The highest BCUT2D eigenvalue weighted by atomic mass is 16.5. The third kappa shape index (κ3) is 56.8. The Bertz CT molecular complexity index is 1250. The van der Waals surface area contributed by atoms with Crippen molar-refractivity contribution in [2.75, 3.05) is 13.2 Å². The van der Waals surface area contributed by atoms with E-state index in [9.17, 15) is 19.8 Å². The summed E-state index contributed by atoms with van der Waals surface area (Å²) in [5, 5.41) is 23.0. The normalized spacial score (nSPS) is 13.0. The number of carbonyl (C=O) groups excluding carboxylic acids is 2. The first-order chi connectivity index (χ1) is 35.5. The maximum atomic E-state index is 12.4. The molecule has 3 N–H and O–H groups in total. The lowest BCUT2D eigenvalue weighted by atomic mass is 10.0. The molecule has 0 rings (SSSR count). The molecule has 0 spiro atoms. The number of ether oxygens (including phenoxy) is 1. The highest BCUT2D eigenvalue weighted by Gasteiger charge is 2.18. The molecule has 0 saturated carbocycles. The van der Waals surface area contributed by atoms with Crippen LogP contribution in [-0.2, 0) is 14.3 Å². The van der Waals surface area contributed by atoms with Gasteiger partial charge in [-0.25, -0.2) is 0 Å². The average molecular weight is 1010 g/mol. The van der Waals surface area contributed by atoms with Crippen LogP contribution < -0.4 is 5.32 Å². The van der Waals surface area contributed by atoms with Crippen molar-refractivity contribution in [3.63, 3.8) is 0 Å². The number of rotatable bonds is 58. The van der Waals surface area contributed by atoms with Crippen LogP contribution in [-0.4, -0.2) is 47.4 Å². The minimum Gasteiger partial charge on any atom is -0.466 e. The molecule has 0 aliphatic heterocycles. The second-order valence-electron chi connectivity index (χ2n) is 21.4. The van der Waals surface area contributed by atoms with Gasteiger partial charge >= 0.3 is 5.97 Å². The Balaban J connectivity index is 3.42. The van der Waals surface area contributed by atoms with E-state index in [0.717, 1.165) is 57.8 Å². The monoisotopic (exact) mass is 1010 g/mol. The van der Waals surface area contributed by atoms with Crippen LogP contribution in [0.4, 0.5) is 0 Å². The number of aliphatic hydroxyl groups is 2. The first-order valence-corrected chi connectivity index (χ1v) is 31.6. The molecule has 6 nitrogen and oxygen atoms in total. The zero-order valence-electron chi connectivity index (χ0n) is 47.9. The van der Waals surface area contributed by atoms with Crippen molar-refractivity contribution >= 4 is 11.9 Å². The molecular formula is C66H121NO5. The summed E-state index contributed by atoms with van der Waals surface area (Å²) in [6, 6.07) is -0.630. The first kappa shape index (κ1) is 69.6. The predicted molar refractivity (Wildman–Crippen MR) is 315 cm³/mol. The van der Waals surface area contributed by atoms with Gasteiger partial charge in [0.15, 0.2) is 0 Å². The molecule has 72 heavy (non-hydrogen) atoms. The lowest BCUT2D eigenvalue weighted by Gasteiger charge is -2.20. The van der Waals surface area contributed by atoms with Crippen LogP contribution in [0, 0.1) is 0 Å². The van der Waals surface area contributed by atoms with Crippen LogP contribution in [0.2, 0.25) is 0 Å². The van der Waals surface area contributed by atoms with Gasteiger partial charge in [0.2, 0.25) is 5.91 Å². The van der Waals surface area contributed by atoms with Crippen molar-refractivity contribution in [2.45, 2.75) is 334 Å². The molecule has 0 radical (unpaired) electrons. The summed E-state index contributed by atoms with van der Waals surface area (Å²) in [4.78, 5) is 24.5. The summed E-state index contributed by atoms with van der Waals surface area (Å²) in [7, 11) is 0. The zero-order chi connectivity index (χ0) is 52.2. The van der Waals surface area contributed by atoms with E-state index in [4.69, 9.17) is 4.74 Å². The molecule has 0 fully saturated rings. The molecule has 2 unspecified atom stereocenters. The average Bonchev–Trinajstić information content (AvgIpc) is 3.38. The second-order valence-corrected chi connectivity index (χ2v) is 21.4. The Morgan fingerprint density at radius 3 is 1.07 bits per heavy atom. The van der Waals surface area contributed by atoms with Crippen LogP contribution in [0.1, 0.15) is 322 Å². The maximum Gasteiger partial charge on any atom is 0.305 e. The Morgan fingerprint density at radius 2 is 0.694 bits per heavy atom. The van der Waals surface area contributed by atoms with E-state index in [0.29, 0.717) is 19.4 Å². The van der Waals surface area contributed by atoms with Gasteiger partial charge < -0.3 is 20.3 Å². The third-order valence-corrected chi connectivity index (χ3v) is 14.3. The Hall–Kier alpha value is -2.44. The van der Waals surface area contributed by atoms with Crippen LogP contribution in [0.3, 0.4) is 0 Å². The molecule has 2 atom stereocenters. The molecule has 0 aromatic heterocycles. The van der Waals surface area contributed by atoms with Crippen molar-refractivity contribution in [3.05, 3.63) is 60.8 Å². The fraction of sp³-hybridized carbons (Fsp3) is 0.818. The molecule has 0 saturated heterocycles. The zero-order valence-corrected chi connectivity index (χ0v) is 47.9. The van der Waals surface area contributed by atoms with Crippen molar-refractivity contribution in [1.82, 2.24) is 5.32 Å². The van der Waals surface area contributed by atoms with Crippen molar-refractivity contribution < 1.29 is 24.5 Å². The molecule has 6 heteroatoms. The largest absolute Gasteiger partial charge is 0.466 e. The summed E-state index contributed by atoms with van der Waals surface area (Å²) in [5.41, 5.74) is 0. The van der Waals surface area contributed by atoms with E-state index in [1.54, 1.807) is 6.08 Å². The minimum absolute atomic E-state index is 0.00227. The van der Waals surface area contributed by atoms with Gasteiger partial charge in [0, 0.05) is 12.8 Å². The van der Waals surface area contributed by atoms with Gasteiger partial charge in [0.25, 0.3) is 0 Å². The Kier molecular flexibility index (Phi) is 59.0. The summed E-state index contributed by atoms with van der Waals surface area (Å²) in [6.07, 6.45) is 79.9. The highest BCUT2D eigenvalue weighted by molar-refractivity contribution is 5.76. The number of unbranched alkanes of at least 4 members (excludes halogenated alkanes) is 39. The summed E-state index contributed by atoms with van der Waals surface area (Å²) < 4.78 is 5.49. The lowest BCUT2D eigenvalue weighted by Crippen LogP contribution is -2.45. The second kappa shape index (κ2) is 61.1. The van der Waals surface area contributed by atoms with E-state index >= 15 is 0 Å².